The first-order chi connectivity index (χ1) is 10.4. The van der Waals surface area contributed by atoms with Crippen molar-refractivity contribution in [3.63, 3.8) is 0 Å². The van der Waals surface area contributed by atoms with Crippen LogP contribution in [0.5, 0.6) is 5.75 Å². The molecule has 0 aliphatic rings. The number of hydrogen-bond donors (Lipinski definition) is 3. The zero-order valence-corrected chi connectivity index (χ0v) is 13.0. The number of rotatable bonds is 5. The number of hydrogen-bond acceptors (Lipinski definition) is 4. The highest BCUT2D eigenvalue weighted by Crippen LogP contribution is 2.27. The molecule has 0 unspecified atom stereocenters. The maximum absolute atomic E-state index is 11.9. The lowest BCUT2D eigenvalue weighted by Crippen LogP contribution is -2.40. The van der Waals surface area contributed by atoms with Crippen LogP contribution in [0.15, 0.2) is 41.0 Å². The lowest BCUT2D eigenvalue weighted by Gasteiger charge is -2.21. The molecule has 2 rings (SSSR count). The number of methoxy groups -OCH3 is 1. The zero-order chi connectivity index (χ0) is 16.2. The third kappa shape index (κ3) is 3.93. The van der Waals surface area contributed by atoms with Gasteiger partial charge in [0.2, 0.25) is 0 Å². The van der Waals surface area contributed by atoms with Crippen LogP contribution in [-0.4, -0.2) is 24.8 Å². The molecule has 3 N–H and O–H groups in total. The van der Waals surface area contributed by atoms with Crippen LogP contribution in [-0.2, 0) is 5.60 Å². The zero-order valence-electron chi connectivity index (χ0n) is 12.2. The Bertz CT molecular complexity index is 641. The van der Waals surface area contributed by atoms with Crippen molar-refractivity contribution in [2.45, 2.75) is 12.5 Å². The van der Waals surface area contributed by atoms with E-state index in [1.54, 1.807) is 37.3 Å². The highest BCUT2D eigenvalue weighted by Gasteiger charge is 2.26. The predicted octanol–water partition coefficient (Wildman–Crippen LogP) is 2.97. The monoisotopic (exact) mass is 324 g/mol. The number of nitrogens with one attached hydrogen (secondary N) is 2. The Balaban J connectivity index is 1.98. The van der Waals surface area contributed by atoms with Gasteiger partial charge in [0.1, 0.15) is 17.1 Å². The van der Waals surface area contributed by atoms with Gasteiger partial charge in [0.15, 0.2) is 0 Å². The SMILES string of the molecule is COc1ccc(Cl)cc1NC(=O)NC[C@](C)(O)c1ccco1. The third-order valence-corrected chi connectivity index (χ3v) is 3.29. The van der Waals surface area contributed by atoms with Gasteiger partial charge in [-0.15, -0.1) is 0 Å². The van der Waals surface area contributed by atoms with Crippen LogP contribution in [0, 0.1) is 0 Å². The maximum atomic E-state index is 11.9. The largest absolute Gasteiger partial charge is 0.495 e. The Labute approximate surface area is 133 Å². The molecule has 1 heterocycles. The maximum Gasteiger partial charge on any atom is 0.319 e. The van der Waals surface area contributed by atoms with Crippen LogP contribution < -0.4 is 15.4 Å². The van der Waals surface area contributed by atoms with Gasteiger partial charge in [-0.25, -0.2) is 4.79 Å². The lowest BCUT2D eigenvalue weighted by molar-refractivity contribution is 0.0372. The van der Waals surface area contributed by atoms with Crippen LogP contribution in [0.1, 0.15) is 12.7 Å². The molecule has 118 valence electrons. The van der Waals surface area contributed by atoms with Gasteiger partial charge in [-0.1, -0.05) is 11.6 Å². The Hall–Kier alpha value is -2.18. The minimum Gasteiger partial charge on any atom is -0.495 e. The van der Waals surface area contributed by atoms with Crippen molar-refractivity contribution in [3.05, 3.63) is 47.4 Å². The molecule has 0 radical (unpaired) electrons. The van der Waals surface area contributed by atoms with Gasteiger partial charge in [-0.3, -0.25) is 0 Å². The van der Waals surface area contributed by atoms with E-state index in [1.807, 2.05) is 0 Å². The Morgan fingerprint density at radius 2 is 2.23 bits per heavy atom. The van der Waals surface area contributed by atoms with Crippen LogP contribution in [0.3, 0.4) is 0 Å². The number of aliphatic hydroxyl groups is 1. The van der Waals surface area contributed by atoms with Crippen LogP contribution in [0.4, 0.5) is 10.5 Å². The van der Waals surface area contributed by atoms with E-state index in [1.165, 1.54) is 13.4 Å². The van der Waals surface area contributed by atoms with Crippen molar-refractivity contribution in [1.29, 1.82) is 0 Å². The second kappa shape index (κ2) is 6.72. The van der Waals surface area contributed by atoms with Crippen LogP contribution in [0.2, 0.25) is 5.02 Å². The van der Waals surface area contributed by atoms with E-state index in [0.29, 0.717) is 22.2 Å². The van der Waals surface area contributed by atoms with Crippen LogP contribution >= 0.6 is 11.6 Å². The summed E-state index contributed by atoms with van der Waals surface area (Å²) in [5, 5.41) is 15.9. The molecule has 0 saturated heterocycles. The molecule has 1 aromatic carbocycles. The molecular formula is C15H17ClN2O4. The van der Waals surface area contributed by atoms with Gasteiger partial charge in [-0.05, 0) is 37.3 Å². The number of furan rings is 1. The van der Waals surface area contributed by atoms with E-state index >= 15 is 0 Å². The molecule has 1 atom stereocenters. The summed E-state index contributed by atoms with van der Waals surface area (Å²) in [6.07, 6.45) is 1.46. The number of ether oxygens (including phenoxy) is 1. The lowest BCUT2D eigenvalue weighted by atomic mass is 10.0. The number of urea groups is 1. The highest BCUT2D eigenvalue weighted by molar-refractivity contribution is 6.31. The molecule has 0 aliphatic heterocycles. The molecular weight excluding hydrogens is 308 g/mol. The molecule has 2 amide bonds. The summed E-state index contributed by atoms with van der Waals surface area (Å²) < 4.78 is 10.3. The second-order valence-electron chi connectivity index (χ2n) is 4.90. The van der Waals surface area contributed by atoms with Crippen molar-refractivity contribution in [2.24, 2.45) is 0 Å². The topological polar surface area (TPSA) is 83.7 Å². The van der Waals surface area contributed by atoms with E-state index in [9.17, 15) is 9.90 Å². The number of carbonyl (C=O) groups excluding carboxylic acids is 1. The van der Waals surface area contributed by atoms with E-state index in [-0.39, 0.29) is 6.54 Å². The minimum absolute atomic E-state index is 0.0186. The van der Waals surface area contributed by atoms with E-state index in [0.717, 1.165) is 0 Å². The van der Waals surface area contributed by atoms with Crippen LogP contribution in [0.25, 0.3) is 0 Å². The molecule has 22 heavy (non-hydrogen) atoms. The normalized spacial score (nSPS) is 13.3. The molecule has 0 fully saturated rings. The quantitative estimate of drug-likeness (QED) is 0.789. The first-order valence-electron chi connectivity index (χ1n) is 6.57. The summed E-state index contributed by atoms with van der Waals surface area (Å²) in [7, 11) is 1.49. The van der Waals surface area contributed by atoms with Gasteiger partial charge in [0.25, 0.3) is 0 Å². The summed E-state index contributed by atoms with van der Waals surface area (Å²) in [6.45, 7) is 1.53. The average Bonchev–Trinajstić information content (AvgIpc) is 3.01. The molecule has 0 spiro atoms. The van der Waals surface area contributed by atoms with Crippen molar-refractivity contribution >= 4 is 23.3 Å². The fourth-order valence-electron chi connectivity index (χ4n) is 1.87. The Morgan fingerprint density at radius 1 is 1.45 bits per heavy atom. The molecule has 0 aliphatic carbocycles. The average molecular weight is 325 g/mol. The summed E-state index contributed by atoms with van der Waals surface area (Å²) in [4.78, 5) is 11.9. The molecule has 2 aromatic rings. The van der Waals surface area contributed by atoms with Gasteiger partial charge in [0.05, 0.1) is 25.6 Å². The Kier molecular flexibility index (Phi) is 4.95. The molecule has 7 heteroatoms. The summed E-state index contributed by atoms with van der Waals surface area (Å²) in [5.41, 5.74) is -0.871. The predicted molar refractivity (Wildman–Crippen MR) is 83.3 cm³/mol. The highest BCUT2D eigenvalue weighted by atomic mass is 35.5. The summed E-state index contributed by atoms with van der Waals surface area (Å²) in [6, 6.07) is 7.69. The van der Waals surface area contributed by atoms with E-state index < -0.39 is 11.6 Å². The first kappa shape index (κ1) is 16.2. The number of benzene rings is 1. The molecule has 1 aromatic heterocycles. The van der Waals surface area contributed by atoms with Gasteiger partial charge >= 0.3 is 6.03 Å². The van der Waals surface area contributed by atoms with E-state index in [2.05, 4.69) is 10.6 Å². The third-order valence-electron chi connectivity index (χ3n) is 3.05. The van der Waals surface area contributed by atoms with Gasteiger partial charge in [0, 0.05) is 5.02 Å². The number of halogens is 1. The standard InChI is InChI=1S/C15H17ClN2O4/c1-15(20,13-4-3-7-22-13)9-17-14(19)18-11-8-10(16)5-6-12(11)21-2/h3-8,20H,9H2,1-2H3,(H2,17,18,19)/t15-/m0/s1. The van der Waals surface area contributed by atoms with Crippen molar-refractivity contribution in [3.8, 4) is 5.75 Å². The molecule has 0 bridgehead atoms. The van der Waals surface area contributed by atoms with Gasteiger partial charge in [-0.2, -0.15) is 0 Å². The number of amides is 2. The molecule has 6 nitrogen and oxygen atoms in total. The van der Waals surface area contributed by atoms with Crippen molar-refractivity contribution in [2.75, 3.05) is 19.0 Å². The Morgan fingerprint density at radius 3 is 2.86 bits per heavy atom. The minimum atomic E-state index is -1.31. The van der Waals surface area contributed by atoms with Crippen molar-refractivity contribution in [1.82, 2.24) is 5.32 Å². The van der Waals surface area contributed by atoms with E-state index in [4.69, 9.17) is 20.8 Å². The summed E-state index contributed by atoms with van der Waals surface area (Å²) >= 11 is 5.89. The van der Waals surface area contributed by atoms with Gasteiger partial charge < -0.3 is 24.9 Å². The number of anilines is 1. The smallest absolute Gasteiger partial charge is 0.319 e. The number of carbonyl (C=O) groups is 1. The molecule has 0 saturated carbocycles. The van der Waals surface area contributed by atoms with Crippen molar-refractivity contribution < 1.29 is 19.1 Å². The fraction of sp³-hybridized carbons (Fsp3) is 0.267. The second-order valence-corrected chi connectivity index (χ2v) is 5.34. The summed E-state index contributed by atoms with van der Waals surface area (Å²) in [5.74, 6) is 0.852. The first-order valence-corrected chi connectivity index (χ1v) is 6.95. The fourth-order valence-corrected chi connectivity index (χ4v) is 2.04.